The lowest BCUT2D eigenvalue weighted by Gasteiger charge is -2.08. The van der Waals surface area contributed by atoms with E-state index < -0.39 is 0 Å². The third-order valence-corrected chi connectivity index (χ3v) is 4.43. The number of benzene rings is 2. The third kappa shape index (κ3) is 2.59. The maximum absolute atomic E-state index is 13.7. The molecule has 0 aliphatic carbocycles. The molecular formula is C18H15ClFN3. The second-order valence-corrected chi connectivity index (χ2v) is 5.99. The van der Waals surface area contributed by atoms with Crippen molar-refractivity contribution in [3.63, 3.8) is 0 Å². The van der Waals surface area contributed by atoms with Crippen LogP contribution in [-0.4, -0.2) is 23.9 Å². The van der Waals surface area contributed by atoms with Gasteiger partial charge in [-0.1, -0.05) is 29.8 Å². The number of nitrogens with zero attached hydrogens (tertiary/aromatic N) is 1. The van der Waals surface area contributed by atoms with Gasteiger partial charge in [-0.15, -0.1) is 0 Å². The zero-order chi connectivity index (χ0) is 15.8. The van der Waals surface area contributed by atoms with E-state index >= 15 is 0 Å². The maximum atomic E-state index is 13.7. The lowest BCUT2D eigenvalue weighted by atomic mass is 10.0. The van der Waals surface area contributed by atoms with Gasteiger partial charge in [-0.25, -0.2) is 4.39 Å². The molecule has 2 heterocycles. The van der Waals surface area contributed by atoms with E-state index in [1.807, 2.05) is 24.3 Å². The van der Waals surface area contributed by atoms with E-state index in [9.17, 15) is 4.39 Å². The van der Waals surface area contributed by atoms with Crippen LogP contribution in [0.3, 0.4) is 0 Å². The molecule has 1 aromatic heterocycles. The van der Waals surface area contributed by atoms with Crippen LogP contribution in [0.2, 0.25) is 5.02 Å². The normalized spacial score (nSPS) is 14.1. The van der Waals surface area contributed by atoms with Gasteiger partial charge in [0.2, 0.25) is 0 Å². The van der Waals surface area contributed by atoms with Crippen molar-refractivity contribution in [2.24, 2.45) is 4.99 Å². The monoisotopic (exact) mass is 327 g/mol. The van der Waals surface area contributed by atoms with Gasteiger partial charge < -0.3 is 10.3 Å². The number of hydrogen-bond donors (Lipinski definition) is 2. The van der Waals surface area contributed by atoms with Crippen LogP contribution in [-0.2, 0) is 6.42 Å². The number of aliphatic imine (C=N–C) groups is 1. The molecule has 0 unspecified atom stereocenters. The van der Waals surface area contributed by atoms with Crippen molar-refractivity contribution in [2.75, 3.05) is 13.1 Å². The first-order valence-corrected chi connectivity index (χ1v) is 7.92. The second kappa shape index (κ2) is 5.70. The van der Waals surface area contributed by atoms with E-state index in [-0.39, 0.29) is 5.82 Å². The van der Waals surface area contributed by atoms with E-state index in [0.717, 1.165) is 46.6 Å². The fourth-order valence-electron chi connectivity index (χ4n) is 3.03. The maximum Gasteiger partial charge on any atom is 0.123 e. The molecule has 1 aliphatic heterocycles. The molecule has 0 atom stereocenters. The highest BCUT2D eigenvalue weighted by atomic mass is 35.5. The van der Waals surface area contributed by atoms with Gasteiger partial charge in [0.15, 0.2) is 0 Å². The number of halogens is 2. The number of nitrogens with one attached hydrogen (secondary N) is 2. The molecule has 0 radical (unpaired) electrons. The molecule has 0 saturated carbocycles. The van der Waals surface area contributed by atoms with Crippen LogP contribution >= 0.6 is 11.6 Å². The summed E-state index contributed by atoms with van der Waals surface area (Å²) in [6.45, 7) is 1.64. The van der Waals surface area contributed by atoms with E-state index in [1.54, 1.807) is 12.1 Å². The van der Waals surface area contributed by atoms with E-state index in [2.05, 4.69) is 15.3 Å². The summed E-state index contributed by atoms with van der Waals surface area (Å²) in [5.74, 6) is 0.688. The summed E-state index contributed by atoms with van der Waals surface area (Å²) in [7, 11) is 0. The fraction of sp³-hybridized carbons (Fsp3) is 0.167. The van der Waals surface area contributed by atoms with Gasteiger partial charge in [-0.05, 0) is 29.8 Å². The molecule has 2 aromatic carbocycles. The molecular weight excluding hydrogens is 313 g/mol. The number of hydrogen-bond acceptors (Lipinski definition) is 2. The van der Waals surface area contributed by atoms with E-state index in [1.165, 1.54) is 6.07 Å². The first-order valence-electron chi connectivity index (χ1n) is 7.54. The molecule has 0 amide bonds. The Hall–Kier alpha value is -2.33. The van der Waals surface area contributed by atoms with Crippen LogP contribution in [0, 0.1) is 5.82 Å². The highest BCUT2D eigenvalue weighted by Crippen LogP contribution is 2.35. The summed E-state index contributed by atoms with van der Waals surface area (Å²) in [6.07, 6.45) is 0.629. The highest BCUT2D eigenvalue weighted by Gasteiger charge is 2.18. The lowest BCUT2D eigenvalue weighted by Crippen LogP contribution is -2.20. The zero-order valence-corrected chi connectivity index (χ0v) is 13.1. The van der Waals surface area contributed by atoms with Gasteiger partial charge in [0.1, 0.15) is 11.7 Å². The lowest BCUT2D eigenvalue weighted by molar-refractivity contribution is 0.629. The predicted molar refractivity (Wildman–Crippen MR) is 92.7 cm³/mol. The van der Waals surface area contributed by atoms with Crippen molar-refractivity contribution in [1.82, 2.24) is 10.3 Å². The molecule has 1 aliphatic rings. The Bertz CT molecular complexity index is 914. The van der Waals surface area contributed by atoms with Crippen molar-refractivity contribution in [3.05, 3.63) is 58.9 Å². The molecule has 4 rings (SSSR count). The zero-order valence-electron chi connectivity index (χ0n) is 12.4. The standard InChI is InChI=1S/C18H15ClFN3/c19-15-4-2-1-3-12(15)18-14(10-17-21-7-8-22-17)13-9-11(20)5-6-16(13)23-18/h1-6,9,23H,7-8,10H2,(H,21,22). The van der Waals surface area contributed by atoms with Gasteiger partial charge in [0.05, 0.1) is 12.2 Å². The van der Waals surface area contributed by atoms with Crippen molar-refractivity contribution in [2.45, 2.75) is 6.42 Å². The summed E-state index contributed by atoms with van der Waals surface area (Å²) in [4.78, 5) is 7.85. The van der Waals surface area contributed by atoms with Crippen LogP contribution in [0.4, 0.5) is 4.39 Å². The highest BCUT2D eigenvalue weighted by molar-refractivity contribution is 6.33. The Kier molecular flexibility index (Phi) is 3.54. The minimum atomic E-state index is -0.246. The van der Waals surface area contributed by atoms with Crippen LogP contribution in [0.5, 0.6) is 0 Å². The molecule has 3 aromatic rings. The molecule has 0 fully saturated rings. The largest absolute Gasteiger partial charge is 0.372 e. The molecule has 3 nitrogen and oxygen atoms in total. The van der Waals surface area contributed by atoms with Gasteiger partial charge >= 0.3 is 0 Å². The van der Waals surface area contributed by atoms with Crippen molar-refractivity contribution >= 4 is 28.3 Å². The molecule has 0 spiro atoms. The first-order chi connectivity index (χ1) is 11.2. The number of H-pyrrole nitrogens is 1. The molecule has 0 saturated heterocycles. The molecule has 2 N–H and O–H groups in total. The summed E-state index contributed by atoms with van der Waals surface area (Å²) in [6, 6.07) is 12.5. The second-order valence-electron chi connectivity index (χ2n) is 5.58. The number of amidine groups is 1. The van der Waals surface area contributed by atoms with Gasteiger partial charge in [0, 0.05) is 34.5 Å². The molecule has 5 heteroatoms. The van der Waals surface area contributed by atoms with Crippen LogP contribution in [0.15, 0.2) is 47.5 Å². The number of rotatable bonds is 3. The average molecular weight is 328 g/mol. The number of aromatic nitrogens is 1. The molecule has 0 bridgehead atoms. The van der Waals surface area contributed by atoms with Crippen LogP contribution in [0.25, 0.3) is 22.2 Å². The predicted octanol–water partition coefficient (Wildman–Crippen LogP) is 4.17. The van der Waals surface area contributed by atoms with Crippen molar-refractivity contribution in [3.8, 4) is 11.3 Å². The first kappa shape index (κ1) is 14.3. The minimum absolute atomic E-state index is 0.246. The van der Waals surface area contributed by atoms with E-state index in [4.69, 9.17) is 11.6 Å². The van der Waals surface area contributed by atoms with Crippen LogP contribution < -0.4 is 5.32 Å². The topological polar surface area (TPSA) is 40.2 Å². The fourth-order valence-corrected chi connectivity index (χ4v) is 3.26. The Balaban J connectivity index is 1.93. The average Bonchev–Trinajstić information content (AvgIpc) is 3.17. The summed E-state index contributed by atoms with van der Waals surface area (Å²) in [5, 5.41) is 4.82. The van der Waals surface area contributed by atoms with Gasteiger partial charge in [0.25, 0.3) is 0 Å². The van der Waals surface area contributed by atoms with Crippen molar-refractivity contribution in [1.29, 1.82) is 0 Å². The van der Waals surface area contributed by atoms with Gasteiger partial charge in [-0.2, -0.15) is 0 Å². The summed E-state index contributed by atoms with van der Waals surface area (Å²) >= 11 is 6.37. The number of aromatic amines is 1. The third-order valence-electron chi connectivity index (χ3n) is 4.10. The van der Waals surface area contributed by atoms with Gasteiger partial charge in [-0.3, -0.25) is 4.99 Å². The quantitative estimate of drug-likeness (QED) is 0.744. The Morgan fingerprint density at radius 3 is 2.83 bits per heavy atom. The Morgan fingerprint density at radius 2 is 2.04 bits per heavy atom. The van der Waals surface area contributed by atoms with E-state index in [0.29, 0.717) is 11.4 Å². The SMILES string of the molecule is Fc1ccc2[nH]c(-c3ccccc3Cl)c(CC3=NCCN3)c2c1. The summed E-state index contributed by atoms with van der Waals surface area (Å²) in [5.41, 5.74) is 3.75. The van der Waals surface area contributed by atoms with Crippen LogP contribution in [0.1, 0.15) is 5.56 Å². The van der Waals surface area contributed by atoms with Crippen molar-refractivity contribution < 1.29 is 4.39 Å². The Labute approximate surface area is 138 Å². The molecule has 116 valence electrons. The number of fused-ring (bicyclic) bond motifs is 1. The smallest absolute Gasteiger partial charge is 0.123 e. The molecule has 23 heavy (non-hydrogen) atoms. The minimum Gasteiger partial charge on any atom is -0.372 e. The summed E-state index contributed by atoms with van der Waals surface area (Å²) < 4.78 is 13.7. The Morgan fingerprint density at radius 1 is 1.17 bits per heavy atom.